The van der Waals surface area contributed by atoms with E-state index in [9.17, 15) is 19.5 Å². The second kappa shape index (κ2) is 10.0. The lowest BCUT2D eigenvalue weighted by Crippen LogP contribution is -2.60. The molecule has 29 heavy (non-hydrogen) atoms. The SMILES string of the molecule is COC(=O)N[C@H](C(=O)NN(Cc1cccc(Br)c1)C[C@](C)(O)C(N)=O)C(C)(C)C. The fourth-order valence-electron chi connectivity index (χ4n) is 2.51. The molecule has 0 aliphatic rings. The third-order valence-electron chi connectivity index (χ3n) is 4.14. The van der Waals surface area contributed by atoms with Crippen LogP contribution in [0.3, 0.4) is 0 Å². The molecule has 162 valence electrons. The minimum absolute atomic E-state index is 0.184. The molecule has 1 aromatic rings. The van der Waals surface area contributed by atoms with Crippen molar-refractivity contribution in [3.63, 3.8) is 0 Å². The van der Waals surface area contributed by atoms with E-state index in [0.717, 1.165) is 10.0 Å². The van der Waals surface area contributed by atoms with Gasteiger partial charge in [0.2, 0.25) is 0 Å². The minimum atomic E-state index is -1.88. The van der Waals surface area contributed by atoms with Crippen LogP contribution in [0.15, 0.2) is 28.7 Å². The average molecular weight is 473 g/mol. The maximum atomic E-state index is 12.9. The second-order valence-electron chi connectivity index (χ2n) is 8.04. The molecule has 0 aliphatic heterocycles. The highest BCUT2D eigenvalue weighted by Crippen LogP contribution is 2.20. The van der Waals surface area contributed by atoms with Crippen LogP contribution in [-0.2, 0) is 20.9 Å². The molecule has 0 heterocycles. The van der Waals surface area contributed by atoms with Crippen LogP contribution in [0.2, 0.25) is 0 Å². The first-order valence-corrected chi connectivity index (χ1v) is 9.72. The molecule has 5 N–H and O–H groups in total. The second-order valence-corrected chi connectivity index (χ2v) is 8.95. The molecule has 2 atom stereocenters. The molecule has 0 aromatic heterocycles. The van der Waals surface area contributed by atoms with E-state index < -0.39 is 35.0 Å². The standard InChI is InChI=1S/C19H29BrN4O5/c1-18(2,3)14(22-17(27)29-5)15(25)23-24(11-19(4,28)16(21)26)10-12-7-6-8-13(20)9-12/h6-9,14,28H,10-11H2,1-5H3,(H2,21,26)(H,22,27)(H,23,25)/t14-,19+/m1/s1. The summed E-state index contributed by atoms with van der Waals surface area (Å²) < 4.78 is 5.44. The van der Waals surface area contributed by atoms with E-state index in [1.54, 1.807) is 20.8 Å². The number of carbonyl (C=O) groups is 3. The summed E-state index contributed by atoms with van der Waals surface area (Å²) in [5.74, 6) is -1.45. The van der Waals surface area contributed by atoms with Crippen molar-refractivity contribution in [3.8, 4) is 0 Å². The molecule has 1 rings (SSSR count). The van der Waals surface area contributed by atoms with Crippen molar-refractivity contribution < 1.29 is 24.2 Å². The first kappa shape index (κ1) is 24.9. The Hall–Kier alpha value is -2.17. The van der Waals surface area contributed by atoms with Crippen LogP contribution in [0.1, 0.15) is 33.3 Å². The molecule has 0 fully saturated rings. The molecular weight excluding hydrogens is 444 g/mol. The van der Waals surface area contributed by atoms with E-state index in [0.29, 0.717) is 0 Å². The maximum absolute atomic E-state index is 12.9. The fraction of sp³-hybridized carbons (Fsp3) is 0.526. The van der Waals surface area contributed by atoms with Gasteiger partial charge in [-0.2, -0.15) is 0 Å². The third kappa shape index (κ3) is 8.00. The number of hydrazine groups is 1. The van der Waals surface area contributed by atoms with Crippen LogP contribution < -0.4 is 16.5 Å². The quantitative estimate of drug-likeness (QED) is 0.421. The number of carbonyl (C=O) groups excluding carboxylic acids is 3. The zero-order chi connectivity index (χ0) is 22.4. The molecule has 1 aromatic carbocycles. The predicted molar refractivity (Wildman–Crippen MR) is 111 cm³/mol. The number of alkyl carbamates (subject to hydrolysis) is 1. The van der Waals surface area contributed by atoms with Crippen LogP contribution in [0.5, 0.6) is 0 Å². The molecule has 0 spiro atoms. The van der Waals surface area contributed by atoms with Crippen LogP contribution in [0, 0.1) is 5.41 Å². The molecule has 0 radical (unpaired) electrons. The van der Waals surface area contributed by atoms with Crippen LogP contribution >= 0.6 is 15.9 Å². The van der Waals surface area contributed by atoms with Crippen molar-refractivity contribution in [3.05, 3.63) is 34.3 Å². The van der Waals surface area contributed by atoms with Crippen molar-refractivity contribution in [1.29, 1.82) is 0 Å². The summed E-state index contributed by atoms with van der Waals surface area (Å²) in [6.45, 7) is 6.55. The van der Waals surface area contributed by atoms with Gasteiger partial charge in [-0.1, -0.05) is 48.8 Å². The summed E-state index contributed by atoms with van der Waals surface area (Å²) in [6.07, 6.45) is -0.747. The Kier molecular flexibility index (Phi) is 8.61. The lowest BCUT2D eigenvalue weighted by atomic mass is 9.86. The number of amides is 3. The zero-order valence-electron chi connectivity index (χ0n) is 17.3. The number of hydrogen-bond acceptors (Lipinski definition) is 6. The van der Waals surface area contributed by atoms with Crippen LogP contribution in [0.4, 0.5) is 4.79 Å². The topological polar surface area (TPSA) is 134 Å². The summed E-state index contributed by atoms with van der Waals surface area (Å²) in [7, 11) is 1.20. The van der Waals surface area contributed by atoms with Gasteiger partial charge in [-0.25, -0.2) is 9.80 Å². The van der Waals surface area contributed by atoms with Gasteiger partial charge in [-0.15, -0.1) is 0 Å². The van der Waals surface area contributed by atoms with E-state index >= 15 is 0 Å². The van der Waals surface area contributed by atoms with Crippen molar-refractivity contribution in [2.45, 2.75) is 45.9 Å². The van der Waals surface area contributed by atoms with Crippen molar-refractivity contribution in [2.75, 3.05) is 13.7 Å². The summed E-state index contributed by atoms with van der Waals surface area (Å²) in [5.41, 5.74) is 6.24. The number of benzene rings is 1. The predicted octanol–water partition coefficient (Wildman–Crippen LogP) is 1.29. The average Bonchev–Trinajstić information content (AvgIpc) is 2.57. The van der Waals surface area contributed by atoms with Crippen LogP contribution in [-0.4, -0.2) is 53.3 Å². The summed E-state index contributed by atoms with van der Waals surface area (Å²) in [5, 5.41) is 14.2. The van der Waals surface area contributed by atoms with Gasteiger partial charge in [0.05, 0.1) is 13.7 Å². The molecule has 10 heteroatoms. The van der Waals surface area contributed by atoms with Gasteiger partial charge in [-0.3, -0.25) is 15.0 Å². The highest BCUT2D eigenvalue weighted by atomic mass is 79.9. The monoisotopic (exact) mass is 472 g/mol. The molecule has 0 aliphatic carbocycles. The van der Waals surface area contributed by atoms with Gasteiger partial charge in [0.25, 0.3) is 11.8 Å². The van der Waals surface area contributed by atoms with Gasteiger partial charge >= 0.3 is 6.09 Å². The Morgan fingerprint density at radius 3 is 2.38 bits per heavy atom. The Bertz CT molecular complexity index is 748. The first-order chi connectivity index (χ1) is 13.3. The van der Waals surface area contributed by atoms with Crippen molar-refractivity contribution in [1.82, 2.24) is 15.8 Å². The normalized spacial score (nSPS) is 14.6. The number of nitrogens with two attached hydrogens (primary N) is 1. The number of primary amides is 1. The van der Waals surface area contributed by atoms with E-state index in [1.807, 2.05) is 24.3 Å². The molecular formula is C19H29BrN4O5. The summed E-state index contributed by atoms with van der Waals surface area (Å²) in [6, 6.07) is 6.41. The van der Waals surface area contributed by atoms with Gasteiger partial charge in [0.1, 0.15) is 6.04 Å². The molecule has 0 saturated heterocycles. The zero-order valence-corrected chi connectivity index (χ0v) is 18.9. The molecule has 0 unspecified atom stereocenters. The largest absolute Gasteiger partial charge is 0.453 e. The number of nitrogens with one attached hydrogen (secondary N) is 2. The van der Waals surface area contributed by atoms with Crippen molar-refractivity contribution in [2.24, 2.45) is 11.1 Å². The van der Waals surface area contributed by atoms with E-state index in [1.165, 1.54) is 19.0 Å². The Morgan fingerprint density at radius 2 is 1.90 bits per heavy atom. The molecule has 0 bridgehead atoms. The number of ether oxygens (including phenoxy) is 1. The third-order valence-corrected chi connectivity index (χ3v) is 4.63. The number of methoxy groups -OCH3 is 1. The van der Waals surface area contributed by atoms with E-state index in [2.05, 4.69) is 31.4 Å². The minimum Gasteiger partial charge on any atom is -0.453 e. The maximum Gasteiger partial charge on any atom is 0.407 e. The summed E-state index contributed by atoms with van der Waals surface area (Å²) in [4.78, 5) is 36.2. The molecule has 9 nitrogen and oxygen atoms in total. The van der Waals surface area contributed by atoms with E-state index in [-0.39, 0.29) is 13.1 Å². The smallest absolute Gasteiger partial charge is 0.407 e. The van der Waals surface area contributed by atoms with Gasteiger partial charge in [0.15, 0.2) is 5.60 Å². The fourth-order valence-corrected chi connectivity index (χ4v) is 2.96. The Morgan fingerprint density at radius 1 is 1.28 bits per heavy atom. The van der Waals surface area contributed by atoms with Crippen LogP contribution in [0.25, 0.3) is 0 Å². The Balaban J connectivity index is 3.11. The number of aliphatic hydroxyl groups is 1. The van der Waals surface area contributed by atoms with Gasteiger partial charge < -0.3 is 20.9 Å². The highest BCUT2D eigenvalue weighted by Gasteiger charge is 2.36. The van der Waals surface area contributed by atoms with Crippen molar-refractivity contribution >= 4 is 33.8 Å². The lowest BCUT2D eigenvalue weighted by molar-refractivity contribution is -0.141. The summed E-state index contributed by atoms with van der Waals surface area (Å²) >= 11 is 3.38. The lowest BCUT2D eigenvalue weighted by Gasteiger charge is -2.34. The molecule has 3 amide bonds. The number of halogens is 1. The van der Waals surface area contributed by atoms with Gasteiger partial charge in [0, 0.05) is 11.0 Å². The Labute approximate surface area is 179 Å². The first-order valence-electron chi connectivity index (χ1n) is 8.93. The molecule has 0 saturated carbocycles. The number of nitrogens with zero attached hydrogens (tertiary/aromatic N) is 1. The van der Waals surface area contributed by atoms with Gasteiger partial charge in [-0.05, 0) is 30.0 Å². The number of rotatable bonds is 8. The number of hydrogen-bond donors (Lipinski definition) is 4. The van der Waals surface area contributed by atoms with E-state index in [4.69, 9.17) is 5.73 Å². The highest BCUT2D eigenvalue weighted by molar-refractivity contribution is 9.10.